The molecule has 4 nitrogen and oxygen atoms in total. The number of hydrogen-bond donors (Lipinski definition) is 1. The molecule has 0 aliphatic rings. The summed E-state index contributed by atoms with van der Waals surface area (Å²) in [7, 11) is 3.75. The van der Waals surface area contributed by atoms with Crippen LogP contribution in [0.25, 0.3) is 0 Å². The zero-order valence-electron chi connectivity index (χ0n) is 12.9. The third-order valence-electron chi connectivity index (χ3n) is 3.55. The summed E-state index contributed by atoms with van der Waals surface area (Å²) in [6.45, 7) is 5.15. The van der Waals surface area contributed by atoms with Gasteiger partial charge in [0.2, 0.25) is 5.91 Å². The first-order valence-electron chi connectivity index (χ1n) is 7.15. The quantitative estimate of drug-likeness (QED) is 0.828. The van der Waals surface area contributed by atoms with E-state index in [0.717, 1.165) is 12.1 Å². The Morgan fingerprint density at radius 2 is 1.85 bits per heavy atom. The number of hydrogen-bond acceptors (Lipinski definition) is 3. The van der Waals surface area contributed by atoms with Crippen LogP contribution in [0, 0.1) is 0 Å². The Morgan fingerprint density at radius 1 is 1.25 bits per heavy atom. The molecule has 1 N–H and O–H groups in total. The highest BCUT2D eigenvalue weighted by atomic mass is 16.3. The molecule has 1 aromatic carbocycles. The fourth-order valence-electron chi connectivity index (χ4n) is 2.10. The van der Waals surface area contributed by atoms with Crippen molar-refractivity contribution in [2.45, 2.75) is 32.4 Å². The smallest absolute Gasteiger partial charge is 0.244 e. The van der Waals surface area contributed by atoms with Gasteiger partial charge in [0.25, 0.3) is 0 Å². The molecule has 0 fully saturated rings. The molecule has 1 aromatic rings. The van der Waals surface area contributed by atoms with E-state index in [2.05, 4.69) is 0 Å². The van der Waals surface area contributed by atoms with Crippen LogP contribution in [0.4, 0.5) is 0 Å². The van der Waals surface area contributed by atoms with Gasteiger partial charge < -0.3 is 10.0 Å². The summed E-state index contributed by atoms with van der Waals surface area (Å²) in [5.74, 6) is 0.0706. The highest BCUT2D eigenvalue weighted by Crippen LogP contribution is 2.21. The number of aliphatic hydroxyl groups excluding tert-OH is 1. The lowest BCUT2D eigenvalue weighted by Crippen LogP contribution is -2.40. The van der Waals surface area contributed by atoms with Crippen molar-refractivity contribution in [2.75, 3.05) is 27.2 Å². The van der Waals surface area contributed by atoms with Crippen molar-refractivity contribution in [1.29, 1.82) is 0 Å². The van der Waals surface area contributed by atoms with Gasteiger partial charge in [0.15, 0.2) is 0 Å². The molecule has 0 spiro atoms. The highest BCUT2D eigenvalue weighted by molar-refractivity contribution is 5.83. The molecule has 0 saturated heterocycles. The normalized spacial score (nSPS) is 14.1. The lowest BCUT2D eigenvalue weighted by Gasteiger charge is -2.30. The first-order chi connectivity index (χ1) is 9.47. The Morgan fingerprint density at radius 3 is 2.35 bits per heavy atom. The summed E-state index contributed by atoms with van der Waals surface area (Å²) < 4.78 is 0. The highest BCUT2D eigenvalue weighted by Gasteiger charge is 2.26. The molecule has 0 aliphatic carbocycles. The van der Waals surface area contributed by atoms with Crippen LogP contribution in [0.3, 0.4) is 0 Å². The minimum Gasteiger partial charge on any atom is -0.393 e. The summed E-state index contributed by atoms with van der Waals surface area (Å²) in [5, 5.41) is 9.35. The van der Waals surface area contributed by atoms with Crippen LogP contribution in [0.2, 0.25) is 0 Å². The number of carbonyl (C=O) groups excluding carboxylic acids is 1. The predicted molar refractivity (Wildman–Crippen MR) is 81.4 cm³/mol. The van der Waals surface area contributed by atoms with E-state index < -0.39 is 0 Å². The van der Waals surface area contributed by atoms with Gasteiger partial charge in [-0.15, -0.1) is 0 Å². The van der Waals surface area contributed by atoms with E-state index in [1.807, 2.05) is 49.2 Å². The van der Waals surface area contributed by atoms with E-state index >= 15 is 0 Å². The Labute approximate surface area is 122 Å². The number of rotatable bonds is 7. The van der Waals surface area contributed by atoms with Gasteiger partial charge in [-0.3, -0.25) is 9.69 Å². The summed E-state index contributed by atoms with van der Waals surface area (Å²) in [6, 6.07) is 9.56. The largest absolute Gasteiger partial charge is 0.393 e. The SMILES string of the molecule is CCN(C)C(C(=O)N(C)CCC(C)O)c1ccccc1. The van der Waals surface area contributed by atoms with Crippen molar-refractivity contribution in [3.63, 3.8) is 0 Å². The van der Waals surface area contributed by atoms with Gasteiger partial charge in [-0.1, -0.05) is 37.3 Å². The van der Waals surface area contributed by atoms with Crippen LogP contribution >= 0.6 is 0 Å². The number of nitrogens with zero attached hydrogens (tertiary/aromatic N) is 2. The number of benzene rings is 1. The second-order valence-electron chi connectivity index (χ2n) is 5.28. The molecule has 4 heteroatoms. The molecule has 0 saturated carbocycles. The average Bonchev–Trinajstić information content (AvgIpc) is 2.45. The first-order valence-corrected chi connectivity index (χ1v) is 7.15. The predicted octanol–water partition coefficient (Wildman–Crippen LogP) is 1.91. The minimum atomic E-state index is -0.385. The second kappa shape index (κ2) is 8.02. The monoisotopic (exact) mass is 278 g/mol. The fourth-order valence-corrected chi connectivity index (χ4v) is 2.10. The van der Waals surface area contributed by atoms with Crippen LogP contribution in [-0.4, -0.2) is 54.1 Å². The van der Waals surface area contributed by atoms with Crippen molar-refractivity contribution < 1.29 is 9.90 Å². The molecule has 1 rings (SSSR count). The summed E-state index contributed by atoms with van der Waals surface area (Å²) >= 11 is 0. The topological polar surface area (TPSA) is 43.8 Å². The molecule has 20 heavy (non-hydrogen) atoms. The van der Waals surface area contributed by atoms with Crippen LogP contribution in [-0.2, 0) is 4.79 Å². The molecular formula is C16H26N2O2. The van der Waals surface area contributed by atoms with Crippen molar-refractivity contribution in [3.05, 3.63) is 35.9 Å². The van der Waals surface area contributed by atoms with Crippen molar-refractivity contribution >= 4 is 5.91 Å². The van der Waals surface area contributed by atoms with Crippen LogP contribution in [0.1, 0.15) is 31.9 Å². The Balaban J connectivity index is 2.86. The zero-order chi connectivity index (χ0) is 15.1. The Hall–Kier alpha value is -1.39. The molecule has 0 aliphatic heterocycles. The van der Waals surface area contributed by atoms with Gasteiger partial charge >= 0.3 is 0 Å². The molecule has 0 bridgehead atoms. The van der Waals surface area contributed by atoms with Crippen molar-refractivity contribution in [3.8, 4) is 0 Å². The first kappa shape index (κ1) is 16.7. The lowest BCUT2D eigenvalue weighted by atomic mass is 10.0. The molecule has 0 aromatic heterocycles. The maximum atomic E-state index is 12.7. The lowest BCUT2D eigenvalue weighted by molar-refractivity contribution is -0.135. The molecule has 1 amide bonds. The summed E-state index contributed by atoms with van der Waals surface area (Å²) in [4.78, 5) is 16.4. The van der Waals surface area contributed by atoms with Crippen LogP contribution in [0.15, 0.2) is 30.3 Å². The van der Waals surface area contributed by atoms with E-state index in [4.69, 9.17) is 0 Å². The van der Waals surface area contributed by atoms with Crippen LogP contribution < -0.4 is 0 Å². The van der Waals surface area contributed by atoms with Crippen molar-refractivity contribution in [2.24, 2.45) is 0 Å². The average molecular weight is 278 g/mol. The van der Waals surface area contributed by atoms with E-state index in [1.165, 1.54) is 0 Å². The molecule has 112 valence electrons. The Kier molecular flexibility index (Phi) is 6.68. The van der Waals surface area contributed by atoms with Gasteiger partial charge in [-0.05, 0) is 32.5 Å². The fraction of sp³-hybridized carbons (Fsp3) is 0.562. The van der Waals surface area contributed by atoms with E-state index in [1.54, 1.807) is 18.9 Å². The van der Waals surface area contributed by atoms with Gasteiger partial charge in [0.05, 0.1) is 6.10 Å². The molecule has 0 radical (unpaired) electrons. The molecular weight excluding hydrogens is 252 g/mol. The van der Waals surface area contributed by atoms with Gasteiger partial charge in [-0.25, -0.2) is 0 Å². The number of likely N-dealkylation sites (N-methyl/N-ethyl adjacent to an activating group) is 2. The molecule has 2 atom stereocenters. The summed E-state index contributed by atoms with van der Waals surface area (Å²) in [5.41, 5.74) is 1.01. The molecule has 2 unspecified atom stereocenters. The van der Waals surface area contributed by atoms with E-state index in [-0.39, 0.29) is 18.1 Å². The van der Waals surface area contributed by atoms with Gasteiger partial charge in [0.1, 0.15) is 6.04 Å². The van der Waals surface area contributed by atoms with E-state index in [9.17, 15) is 9.90 Å². The standard InChI is InChI=1S/C16H26N2O2/c1-5-17(3)15(14-9-7-6-8-10-14)16(20)18(4)12-11-13(2)19/h6-10,13,15,19H,5,11-12H2,1-4H3. The minimum absolute atomic E-state index is 0.0706. The summed E-state index contributed by atoms with van der Waals surface area (Å²) in [6.07, 6.45) is 0.212. The Bertz CT molecular complexity index is 406. The maximum Gasteiger partial charge on any atom is 0.244 e. The molecule has 0 heterocycles. The van der Waals surface area contributed by atoms with Crippen LogP contribution in [0.5, 0.6) is 0 Å². The van der Waals surface area contributed by atoms with E-state index in [0.29, 0.717) is 13.0 Å². The second-order valence-corrected chi connectivity index (χ2v) is 5.28. The number of carbonyl (C=O) groups is 1. The number of amides is 1. The maximum absolute atomic E-state index is 12.7. The number of aliphatic hydroxyl groups is 1. The van der Waals surface area contributed by atoms with Gasteiger partial charge in [-0.2, -0.15) is 0 Å². The third-order valence-corrected chi connectivity index (χ3v) is 3.55. The third kappa shape index (κ3) is 4.62. The van der Waals surface area contributed by atoms with Crippen molar-refractivity contribution in [1.82, 2.24) is 9.80 Å². The van der Waals surface area contributed by atoms with Gasteiger partial charge in [0, 0.05) is 13.6 Å². The zero-order valence-corrected chi connectivity index (χ0v) is 12.9.